The summed E-state index contributed by atoms with van der Waals surface area (Å²) < 4.78 is 74.6. The van der Waals surface area contributed by atoms with Crippen molar-refractivity contribution < 1.29 is 88.7 Å². The molecule has 0 heterocycles. The maximum atomic E-state index is 11.8. The van der Waals surface area contributed by atoms with Crippen LogP contribution in [-0.2, 0) is 10.1 Å². The van der Waals surface area contributed by atoms with E-state index in [1.54, 1.807) is 0 Å². The van der Waals surface area contributed by atoms with Crippen LogP contribution in [0.25, 0.3) is 0 Å². The molecule has 0 atom stereocenters. The van der Waals surface area contributed by atoms with Gasteiger partial charge >= 0.3 is 63.4 Å². The first-order valence-electron chi connectivity index (χ1n) is 2.28. The molecule has 9 heteroatoms. The van der Waals surface area contributed by atoms with Gasteiger partial charge in [-0.05, 0) is 0 Å². The minimum atomic E-state index is -5.96. The van der Waals surface area contributed by atoms with Crippen molar-refractivity contribution in [2.75, 3.05) is 0 Å². The second-order valence-corrected chi connectivity index (χ2v) is 3.19. The van der Waals surface area contributed by atoms with E-state index >= 15 is 0 Å². The maximum Gasteiger partial charge on any atom is 1.00 e. The molecule has 0 amide bonds. The molecule has 0 saturated carbocycles. The molecule has 0 aromatic heterocycles. The molecule has 0 aromatic carbocycles. The minimum absolute atomic E-state index is 0. The van der Waals surface area contributed by atoms with E-state index in [1.165, 1.54) is 0 Å². The van der Waals surface area contributed by atoms with Gasteiger partial charge in [-0.25, -0.2) is 17.2 Å². The summed E-state index contributed by atoms with van der Waals surface area (Å²) in [5.74, 6) is 0. The Morgan fingerprint density at radius 1 is 1.33 bits per heavy atom. The van der Waals surface area contributed by atoms with Gasteiger partial charge in [0.25, 0.3) is 0 Å². The molecule has 0 fully saturated rings. The zero-order valence-electron chi connectivity index (χ0n) is 5.93. The summed E-state index contributed by atoms with van der Waals surface area (Å²) in [4.78, 5) is 0. The molecular formula is C3H3F4O3RbS. The smallest absolute Gasteiger partial charge is 0.743 e. The van der Waals surface area contributed by atoms with Gasteiger partial charge in [-0.15, -0.1) is 0 Å². The largest absolute Gasteiger partial charge is 1.00 e. The molecule has 0 spiro atoms. The molecule has 0 aliphatic rings. The van der Waals surface area contributed by atoms with Crippen molar-refractivity contribution in [3.8, 4) is 0 Å². The van der Waals surface area contributed by atoms with Crippen LogP contribution in [0.4, 0.5) is 17.6 Å². The molecule has 3 nitrogen and oxygen atoms in total. The third-order valence-electron chi connectivity index (χ3n) is 0.758. The molecule has 0 N–H and O–H groups in total. The summed E-state index contributed by atoms with van der Waals surface area (Å²) in [7, 11) is -5.96. The molecule has 68 valence electrons. The Morgan fingerprint density at radius 3 is 1.75 bits per heavy atom. The molecule has 0 unspecified atom stereocenters. The van der Waals surface area contributed by atoms with Crippen molar-refractivity contribution in [1.29, 1.82) is 0 Å². The average Bonchev–Trinajstić information content (AvgIpc) is 1.56. The van der Waals surface area contributed by atoms with Crippen LogP contribution in [0, 0.1) is 0 Å². The average molecular weight is 281 g/mol. The zero-order valence-corrected chi connectivity index (χ0v) is 11.7. The van der Waals surface area contributed by atoms with E-state index in [-0.39, 0.29) is 58.2 Å². The minimum Gasteiger partial charge on any atom is -0.743 e. The topological polar surface area (TPSA) is 57.2 Å². The number of halogens is 4. The van der Waals surface area contributed by atoms with Crippen molar-refractivity contribution >= 4 is 10.1 Å². The van der Waals surface area contributed by atoms with Gasteiger partial charge in [0.05, 0.1) is 6.42 Å². The molecule has 12 heavy (non-hydrogen) atoms. The second kappa shape index (κ2) is 5.35. The molecular weight excluding hydrogens is 278 g/mol. The normalized spacial score (nSPS) is 12.8. The predicted molar refractivity (Wildman–Crippen MR) is 25.3 cm³/mol. The zero-order chi connectivity index (χ0) is 9.28. The quantitative estimate of drug-likeness (QED) is 0.435. The van der Waals surface area contributed by atoms with Crippen molar-refractivity contribution in [3.05, 3.63) is 0 Å². The molecule has 0 rings (SSSR count). The van der Waals surface area contributed by atoms with Crippen molar-refractivity contribution in [2.45, 2.75) is 18.1 Å². The van der Waals surface area contributed by atoms with Crippen LogP contribution in [0.1, 0.15) is 6.42 Å². The third-order valence-corrected chi connectivity index (χ3v) is 1.66. The summed E-state index contributed by atoms with van der Waals surface area (Å²) in [5, 5.41) is -4.87. The van der Waals surface area contributed by atoms with Crippen molar-refractivity contribution in [2.24, 2.45) is 0 Å². The predicted octanol–water partition coefficient (Wildman–Crippen LogP) is -2.22. The second-order valence-electron chi connectivity index (χ2n) is 1.69. The number of hydrogen-bond acceptors (Lipinski definition) is 3. The fourth-order valence-electron chi connectivity index (χ4n) is 0.282. The summed E-state index contributed by atoms with van der Waals surface area (Å²) in [6.07, 6.45) is -5.77. The van der Waals surface area contributed by atoms with E-state index in [0.29, 0.717) is 0 Å². The Hall–Kier alpha value is 1.44. The standard InChI is InChI=1S/C3H4F4O3S.Rb/c4-2(5)1-3(6,7)11(8,9)10;/h2H,1H2,(H,8,9,10);/q;+1/p-1. The van der Waals surface area contributed by atoms with Gasteiger partial charge in [-0.1, -0.05) is 0 Å². The molecule has 0 bridgehead atoms. The van der Waals surface area contributed by atoms with Crippen LogP contribution in [0.15, 0.2) is 0 Å². The SMILES string of the molecule is O=S(=O)([O-])C(F)(F)CC(F)F.[Rb+]. The molecule has 0 aliphatic carbocycles. The summed E-state index contributed by atoms with van der Waals surface area (Å²) in [6.45, 7) is 0. The van der Waals surface area contributed by atoms with Crippen molar-refractivity contribution in [1.82, 2.24) is 0 Å². The monoisotopic (exact) mass is 280 g/mol. The first-order chi connectivity index (χ1) is 4.67. The van der Waals surface area contributed by atoms with E-state index in [2.05, 4.69) is 0 Å². The van der Waals surface area contributed by atoms with E-state index in [1.807, 2.05) is 0 Å². The van der Waals surface area contributed by atoms with Crippen molar-refractivity contribution in [3.63, 3.8) is 0 Å². The fourth-order valence-corrected chi connectivity index (χ4v) is 0.612. The van der Waals surface area contributed by atoms with E-state index in [4.69, 9.17) is 0 Å². The van der Waals surface area contributed by atoms with Crippen LogP contribution in [0.5, 0.6) is 0 Å². The Morgan fingerprint density at radius 2 is 1.67 bits per heavy atom. The van der Waals surface area contributed by atoms with Gasteiger partial charge in [0, 0.05) is 0 Å². The first-order valence-corrected chi connectivity index (χ1v) is 3.69. The Balaban J connectivity index is 0. The first kappa shape index (κ1) is 15.9. The van der Waals surface area contributed by atoms with Gasteiger partial charge in [0.2, 0.25) is 6.43 Å². The molecule has 0 aromatic rings. The van der Waals surface area contributed by atoms with Gasteiger partial charge in [0.15, 0.2) is 10.1 Å². The van der Waals surface area contributed by atoms with E-state index in [9.17, 15) is 30.5 Å². The number of alkyl halides is 4. The van der Waals surface area contributed by atoms with Gasteiger partial charge in [0.1, 0.15) is 0 Å². The van der Waals surface area contributed by atoms with Crippen LogP contribution in [0.3, 0.4) is 0 Å². The van der Waals surface area contributed by atoms with Crippen LogP contribution in [-0.4, -0.2) is 24.7 Å². The van der Waals surface area contributed by atoms with Crippen LogP contribution in [0.2, 0.25) is 0 Å². The maximum absolute atomic E-state index is 11.8. The van der Waals surface area contributed by atoms with Gasteiger partial charge in [-0.2, -0.15) is 8.78 Å². The third kappa shape index (κ3) is 5.23. The number of rotatable bonds is 3. The summed E-state index contributed by atoms with van der Waals surface area (Å²) in [6, 6.07) is 0. The Bertz CT molecular complexity index is 226. The summed E-state index contributed by atoms with van der Waals surface area (Å²) >= 11 is 0. The van der Waals surface area contributed by atoms with E-state index < -0.39 is 28.2 Å². The van der Waals surface area contributed by atoms with E-state index in [0.717, 1.165) is 0 Å². The Kier molecular flexibility index (Phi) is 7.08. The summed E-state index contributed by atoms with van der Waals surface area (Å²) in [5.41, 5.74) is 0. The van der Waals surface area contributed by atoms with Gasteiger partial charge in [-0.3, -0.25) is 0 Å². The van der Waals surface area contributed by atoms with Crippen LogP contribution >= 0.6 is 0 Å². The molecule has 0 aliphatic heterocycles. The fraction of sp³-hybridized carbons (Fsp3) is 1.00. The Labute approximate surface area is 115 Å². The molecule has 0 radical (unpaired) electrons. The molecule has 0 saturated heterocycles. The van der Waals surface area contributed by atoms with Gasteiger partial charge < -0.3 is 4.55 Å². The number of hydrogen-bond donors (Lipinski definition) is 0. The van der Waals surface area contributed by atoms with Crippen LogP contribution < -0.4 is 58.2 Å².